The van der Waals surface area contributed by atoms with E-state index in [9.17, 15) is 0 Å². The molecule has 17 heavy (non-hydrogen) atoms. The summed E-state index contributed by atoms with van der Waals surface area (Å²) in [4.78, 5) is 6.08. The highest BCUT2D eigenvalue weighted by Crippen LogP contribution is 2.30. The average molecular weight is 270 g/mol. The van der Waals surface area contributed by atoms with Crippen LogP contribution in [0.15, 0.2) is 0 Å². The first-order chi connectivity index (χ1) is 8.20. The molecular weight excluding hydrogens is 248 g/mol. The van der Waals surface area contributed by atoms with Gasteiger partial charge in [0.15, 0.2) is 0 Å². The number of nitrogens with zero attached hydrogens (tertiary/aromatic N) is 1. The molecule has 2 nitrogen and oxygen atoms in total. The van der Waals surface area contributed by atoms with Crippen molar-refractivity contribution in [3.05, 3.63) is 15.6 Å². The van der Waals surface area contributed by atoms with Gasteiger partial charge in [0, 0.05) is 10.9 Å². The van der Waals surface area contributed by atoms with Crippen molar-refractivity contribution >= 4 is 23.1 Å². The van der Waals surface area contributed by atoms with Crippen LogP contribution < -0.4 is 5.32 Å². The molecule has 1 aromatic rings. The zero-order chi connectivity index (χ0) is 12.3. The van der Waals surface area contributed by atoms with Gasteiger partial charge >= 0.3 is 0 Å². The monoisotopic (exact) mass is 270 g/mol. The molecule has 1 saturated carbocycles. The Hall–Kier alpha value is -0.0600. The van der Waals surface area contributed by atoms with Crippen LogP contribution in [0.25, 0.3) is 0 Å². The van der Waals surface area contributed by atoms with Crippen molar-refractivity contribution in [2.24, 2.45) is 0 Å². The van der Waals surface area contributed by atoms with Crippen molar-refractivity contribution in [1.82, 2.24) is 10.3 Å². The van der Waals surface area contributed by atoms with E-state index in [0.717, 1.165) is 6.04 Å². The number of aromatic nitrogens is 1. The van der Waals surface area contributed by atoms with E-state index in [1.165, 1.54) is 46.3 Å². The Labute approximate surface area is 113 Å². The molecule has 0 aliphatic heterocycles. The van der Waals surface area contributed by atoms with E-state index in [1.807, 2.05) is 23.1 Å². The molecule has 96 valence electrons. The fourth-order valence-electron chi connectivity index (χ4n) is 1.80. The van der Waals surface area contributed by atoms with Crippen molar-refractivity contribution in [3.8, 4) is 0 Å². The maximum absolute atomic E-state index is 4.72. The summed E-state index contributed by atoms with van der Waals surface area (Å²) in [6, 6.07) is 1.25. The molecular formula is C13H22N2S2. The summed E-state index contributed by atoms with van der Waals surface area (Å²) < 4.78 is 0. The van der Waals surface area contributed by atoms with Crippen molar-refractivity contribution in [2.75, 3.05) is 11.5 Å². The van der Waals surface area contributed by atoms with Gasteiger partial charge in [0.05, 0.1) is 11.7 Å². The molecule has 1 aliphatic carbocycles. The predicted octanol–water partition coefficient (Wildman–Crippen LogP) is 3.70. The van der Waals surface area contributed by atoms with Crippen LogP contribution in [0.2, 0.25) is 0 Å². The van der Waals surface area contributed by atoms with Crippen LogP contribution in [-0.4, -0.2) is 22.5 Å². The van der Waals surface area contributed by atoms with E-state index in [4.69, 9.17) is 4.98 Å². The first kappa shape index (κ1) is 13.4. The number of thiazole rings is 1. The highest BCUT2D eigenvalue weighted by Gasteiger charge is 2.26. The molecule has 0 radical (unpaired) electrons. The Morgan fingerprint density at radius 3 is 2.76 bits per heavy atom. The number of thioether (sulfide) groups is 1. The lowest BCUT2D eigenvalue weighted by molar-refractivity contribution is 0.516. The third-order valence-corrected chi connectivity index (χ3v) is 5.23. The Bertz CT molecular complexity index is 339. The van der Waals surface area contributed by atoms with Gasteiger partial charge in [-0.3, -0.25) is 0 Å². The maximum atomic E-state index is 4.72. The SMILES string of the molecule is CCSCCC(NC1CC1)c1nc(C)c(C)s1. The predicted molar refractivity (Wildman–Crippen MR) is 78.1 cm³/mol. The molecule has 0 bridgehead atoms. The summed E-state index contributed by atoms with van der Waals surface area (Å²) in [7, 11) is 0. The van der Waals surface area contributed by atoms with Crippen LogP contribution in [0.4, 0.5) is 0 Å². The molecule has 0 spiro atoms. The summed E-state index contributed by atoms with van der Waals surface area (Å²) >= 11 is 3.89. The molecule has 0 amide bonds. The van der Waals surface area contributed by atoms with E-state index in [1.54, 1.807) is 0 Å². The van der Waals surface area contributed by atoms with Gasteiger partial charge in [0.25, 0.3) is 0 Å². The molecule has 1 atom stereocenters. The Kier molecular flexibility index (Phi) is 4.88. The molecule has 1 fully saturated rings. The van der Waals surface area contributed by atoms with Crippen LogP contribution in [0, 0.1) is 13.8 Å². The normalized spacial score (nSPS) is 17.4. The van der Waals surface area contributed by atoms with Gasteiger partial charge in [0.2, 0.25) is 0 Å². The number of aryl methyl sites for hydroxylation is 2. The van der Waals surface area contributed by atoms with E-state index >= 15 is 0 Å². The third-order valence-electron chi connectivity index (χ3n) is 3.11. The van der Waals surface area contributed by atoms with Gasteiger partial charge < -0.3 is 5.32 Å². The van der Waals surface area contributed by atoms with Gasteiger partial charge in [0.1, 0.15) is 5.01 Å². The van der Waals surface area contributed by atoms with E-state index in [-0.39, 0.29) is 0 Å². The van der Waals surface area contributed by atoms with Gasteiger partial charge in [-0.2, -0.15) is 11.8 Å². The average Bonchev–Trinajstić information content (AvgIpc) is 3.05. The standard InChI is InChI=1S/C13H22N2S2/c1-4-16-8-7-12(15-11-5-6-11)13-14-9(2)10(3)17-13/h11-12,15H,4-8H2,1-3H3. The van der Waals surface area contributed by atoms with Gasteiger partial charge in [-0.15, -0.1) is 11.3 Å². The minimum atomic E-state index is 0.485. The summed E-state index contributed by atoms with van der Waals surface area (Å²) in [6.07, 6.45) is 3.91. The number of hydrogen-bond donors (Lipinski definition) is 1. The fraction of sp³-hybridized carbons (Fsp3) is 0.769. The summed E-state index contributed by atoms with van der Waals surface area (Å²) in [6.45, 7) is 6.52. The largest absolute Gasteiger partial charge is 0.305 e. The zero-order valence-corrected chi connectivity index (χ0v) is 12.6. The second-order valence-corrected chi connectivity index (χ2v) is 7.30. The van der Waals surface area contributed by atoms with E-state index in [0.29, 0.717) is 6.04 Å². The lowest BCUT2D eigenvalue weighted by Crippen LogP contribution is -2.24. The fourth-order valence-corrected chi connectivity index (χ4v) is 3.51. The molecule has 1 unspecified atom stereocenters. The first-order valence-corrected chi connectivity index (χ1v) is 8.45. The van der Waals surface area contributed by atoms with Crippen LogP contribution >= 0.6 is 23.1 Å². The topological polar surface area (TPSA) is 24.9 Å². The summed E-state index contributed by atoms with van der Waals surface area (Å²) in [5.41, 5.74) is 1.20. The second-order valence-electron chi connectivity index (χ2n) is 4.67. The first-order valence-electron chi connectivity index (χ1n) is 6.48. The number of nitrogens with one attached hydrogen (secondary N) is 1. The van der Waals surface area contributed by atoms with Crippen LogP contribution in [0.1, 0.15) is 47.8 Å². The molecule has 1 aromatic heterocycles. The smallest absolute Gasteiger partial charge is 0.110 e. The van der Waals surface area contributed by atoms with Gasteiger partial charge in [-0.05, 0) is 44.6 Å². The number of hydrogen-bond acceptors (Lipinski definition) is 4. The maximum Gasteiger partial charge on any atom is 0.110 e. The Balaban J connectivity index is 1.97. The molecule has 1 aliphatic rings. The van der Waals surface area contributed by atoms with Crippen LogP contribution in [0.3, 0.4) is 0 Å². The van der Waals surface area contributed by atoms with Crippen LogP contribution in [0.5, 0.6) is 0 Å². The molecule has 0 aromatic carbocycles. The zero-order valence-electron chi connectivity index (χ0n) is 11.0. The highest BCUT2D eigenvalue weighted by molar-refractivity contribution is 7.99. The lowest BCUT2D eigenvalue weighted by atomic mass is 10.2. The Morgan fingerprint density at radius 1 is 1.47 bits per heavy atom. The minimum Gasteiger partial charge on any atom is -0.305 e. The minimum absolute atomic E-state index is 0.485. The summed E-state index contributed by atoms with van der Waals surface area (Å²) in [5.74, 6) is 2.45. The third kappa shape index (κ3) is 3.97. The van der Waals surface area contributed by atoms with Crippen molar-refractivity contribution < 1.29 is 0 Å². The molecule has 2 rings (SSSR count). The van der Waals surface area contributed by atoms with Crippen molar-refractivity contribution in [1.29, 1.82) is 0 Å². The van der Waals surface area contributed by atoms with Crippen molar-refractivity contribution in [2.45, 2.75) is 52.1 Å². The summed E-state index contributed by atoms with van der Waals surface area (Å²) in [5, 5.41) is 5.04. The van der Waals surface area contributed by atoms with Crippen LogP contribution in [-0.2, 0) is 0 Å². The molecule has 1 N–H and O–H groups in total. The van der Waals surface area contributed by atoms with Crippen molar-refractivity contribution in [3.63, 3.8) is 0 Å². The molecule has 4 heteroatoms. The Morgan fingerprint density at radius 2 is 2.24 bits per heavy atom. The van der Waals surface area contributed by atoms with E-state index in [2.05, 4.69) is 26.1 Å². The van der Waals surface area contributed by atoms with Gasteiger partial charge in [-0.1, -0.05) is 6.92 Å². The quantitative estimate of drug-likeness (QED) is 0.765. The highest BCUT2D eigenvalue weighted by atomic mass is 32.2. The number of rotatable bonds is 7. The molecule has 0 saturated heterocycles. The molecule has 1 heterocycles. The second kappa shape index (κ2) is 6.21. The lowest BCUT2D eigenvalue weighted by Gasteiger charge is -2.15. The van der Waals surface area contributed by atoms with Gasteiger partial charge in [-0.25, -0.2) is 4.98 Å². The van der Waals surface area contributed by atoms with E-state index < -0.39 is 0 Å².